The summed E-state index contributed by atoms with van der Waals surface area (Å²) in [4.78, 5) is 0. The molecule has 2 atom stereocenters. The predicted molar refractivity (Wildman–Crippen MR) is 104 cm³/mol. The zero-order valence-corrected chi connectivity index (χ0v) is 16.8. The Labute approximate surface area is 175 Å². The van der Waals surface area contributed by atoms with Crippen LogP contribution in [0.2, 0.25) is 0 Å². The number of halogens is 6. The van der Waals surface area contributed by atoms with Gasteiger partial charge in [0.05, 0.1) is 11.8 Å². The summed E-state index contributed by atoms with van der Waals surface area (Å²) in [6, 6.07) is 5.89. The van der Waals surface area contributed by atoms with Crippen LogP contribution in [-0.2, 0) is 6.42 Å². The second-order valence-corrected chi connectivity index (χ2v) is 8.48. The number of rotatable bonds is 4. The van der Waals surface area contributed by atoms with Gasteiger partial charge in [0.2, 0.25) is 6.54 Å². The molecule has 0 aromatic heterocycles. The van der Waals surface area contributed by atoms with Crippen LogP contribution in [0, 0.1) is 29.3 Å². The first kappa shape index (κ1) is 21.7. The molecule has 0 amide bonds. The van der Waals surface area contributed by atoms with E-state index in [9.17, 15) is 27.1 Å². The minimum atomic E-state index is -3.12. The average Bonchev–Trinajstić information content (AvgIpc) is 2.92. The molecule has 2 fully saturated rings. The van der Waals surface area contributed by atoms with Gasteiger partial charge in [-0.05, 0) is 36.6 Å². The second-order valence-electron chi connectivity index (χ2n) is 8.48. The zero-order valence-electron chi connectivity index (χ0n) is 16.8. The van der Waals surface area contributed by atoms with Crippen LogP contribution in [0.25, 0.3) is 11.1 Å². The number of hydrogen-bond acceptors (Lipinski definition) is 0. The van der Waals surface area contributed by atoms with Crippen molar-refractivity contribution < 1.29 is 36.0 Å². The zero-order chi connectivity index (χ0) is 22.5. The van der Waals surface area contributed by atoms with Gasteiger partial charge < -0.3 is 5.11 Å². The number of benzene rings is 2. The monoisotopic (exact) mass is 442 g/mol. The van der Waals surface area contributed by atoms with Crippen LogP contribution in [0.3, 0.4) is 0 Å². The summed E-state index contributed by atoms with van der Waals surface area (Å²) in [5.41, 5.74) is -0.393. The van der Waals surface area contributed by atoms with E-state index in [0.717, 1.165) is 22.8 Å². The van der Waals surface area contributed by atoms with Gasteiger partial charge in [0.15, 0.2) is 6.04 Å². The molecule has 2 nitrogen and oxygen atoms in total. The van der Waals surface area contributed by atoms with Crippen molar-refractivity contribution in [1.29, 1.82) is 0 Å². The van der Waals surface area contributed by atoms with Crippen molar-refractivity contribution >= 4 is 5.90 Å². The first-order chi connectivity index (χ1) is 14.6. The maximum Gasteiger partial charge on any atom is 0.337 e. The molecular formula is C23H22F6NO+. The van der Waals surface area contributed by atoms with Crippen molar-refractivity contribution in [3.63, 3.8) is 0 Å². The fourth-order valence-electron chi connectivity index (χ4n) is 4.45. The lowest BCUT2D eigenvalue weighted by Crippen LogP contribution is -2.40. The first-order valence-corrected chi connectivity index (χ1v) is 10.2. The van der Waals surface area contributed by atoms with E-state index in [1.165, 1.54) is 25.1 Å². The lowest BCUT2D eigenvalue weighted by molar-refractivity contribution is -0.563. The van der Waals surface area contributed by atoms with Gasteiger partial charge in [0.1, 0.15) is 23.6 Å². The molecule has 1 N–H and O–H groups in total. The van der Waals surface area contributed by atoms with E-state index >= 15 is 4.39 Å². The Hall–Kier alpha value is -2.51. The van der Waals surface area contributed by atoms with Crippen molar-refractivity contribution in [2.45, 2.75) is 44.3 Å². The fraction of sp³-hybridized carbons (Fsp3) is 0.435. The molecule has 0 spiro atoms. The Morgan fingerprint density at radius 1 is 1.10 bits per heavy atom. The summed E-state index contributed by atoms with van der Waals surface area (Å²) in [5, 5.41) is 10.5. The molecule has 1 aliphatic heterocycles. The van der Waals surface area contributed by atoms with Crippen molar-refractivity contribution in [1.82, 2.24) is 0 Å². The van der Waals surface area contributed by atoms with E-state index < -0.39 is 54.0 Å². The summed E-state index contributed by atoms with van der Waals surface area (Å²) in [7, 11) is 0. The number of alkyl halides is 3. The third-order valence-corrected chi connectivity index (χ3v) is 6.49. The lowest BCUT2D eigenvalue weighted by atomic mass is 9.83. The standard InChI is InChI=1S/C23H21F6NO/c1-12-20(30(11-23(12,28)29)22(31)14-7-16(25)8-14)9-13-3-2-4-17(21(13)27)18-10-15(24)5-6-19(18)26/h2-6,10,12,14,16,20H,7-9,11H2,1H3/p+1/t12-,14?,16?,20+/m1/s1. The van der Waals surface area contributed by atoms with E-state index in [1.54, 1.807) is 0 Å². The van der Waals surface area contributed by atoms with Gasteiger partial charge in [-0.3, -0.25) is 0 Å². The molecule has 8 heteroatoms. The molecule has 1 aliphatic carbocycles. The van der Waals surface area contributed by atoms with Gasteiger partial charge >= 0.3 is 11.8 Å². The predicted octanol–water partition coefficient (Wildman–Crippen LogP) is 5.68. The van der Waals surface area contributed by atoms with Crippen LogP contribution in [0.15, 0.2) is 36.4 Å². The van der Waals surface area contributed by atoms with Gasteiger partial charge in [-0.15, -0.1) is 0 Å². The number of aliphatic hydroxyl groups excluding tert-OH is 1. The summed E-state index contributed by atoms with van der Waals surface area (Å²) >= 11 is 0. The Balaban J connectivity index is 1.70. The third-order valence-electron chi connectivity index (χ3n) is 6.49. The molecule has 0 radical (unpaired) electrons. The van der Waals surface area contributed by atoms with Crippen LogP contribution in [0.1, 0.15) is 25.3 Å². The van der Waals surface area contributed by atoms with Crippen LogP contribution in [-0.4, -0.2) is 40.3 Å². The highest BCUT2D eigenvalue weighted by atomic mass is 19.3. The topological polar surface area (TPSA) is 23.2 Å². The SMILES string of the molecule is C[C@@H]1[C@H](Cc2cccc(-c3cc(F)ccc3F)c2F)[N+](=C(O)C2CC(F)C2)CC1(F)F. The summed E-state index contributed by atoms with van der Waals surface area (Å²) in [6.07, 6.45) is -1.11. The molecule has 2 aromatic carbocycles. The Morgan fingerprint density at radius 3 is 2.48 bits per heavy atom. The Bertz CT molecular complexity index is 1030. The molecule has 0 bridgehead atoms. The van der Waals surface area contributed by atoms with Gasteiger partial charge in [-0.1, -0.05) is 25.1 Å². The Morgan fingerprint density at radius 2 is 1.81 bits per heavy atom. The van der Waals surface area contributed by atoms with Crippen molar-refractivity contribution in [3.8, 4) is 11.1 Å². The molecule has 166 valence electrons. The van der Waals surface area contributed by atoms with E-state index in [2.05, 4.69) is 0 Å². The minimum Gasteiger partial charge on any atom is -0.463 e. The summed E-state index contributed by atoms with van der Waals surface area (Å²) < 4.78 is 86.3. The van der Waals surface area contributed by atoms with Gasteiger partial charge in [0, 0.05) is 17.5 Å². The molecule has 1 saturated carbocycles. The number of nitrogens with zero attached hydrogens (tertiary/aromatic N) is 1. The molecule has 1 heterocycles. The van der Waals surface area contributed by atoms with Gasteiger partial charge in [-0.2, -0.15) is 13.4 Å². The molecule has 1 saturated heterocycles. The molecular weight excluding hydrogens is 420 g/mol. The van der Waals surface area contributed by atoms with Crippen LogP contribution < -0.4 is 0 Å². The molecule has 2 aromatic rings. The second kappa shape index (κ2) is 7.88. The molecule has 2 aliphatic rings. The summed E-state index contributed by atoms with van der Waals surface area (Å²) in [5.74, 6) is -7.53. The van der Waals surface area contributed by atoms with E-state index in [1.807, 2.05) is 0 Å². The highest BCUT2D eigenvalue weighted by molar-refractivity contribution is 5.73. The average molecular weight is 442 g/mol. The number of hydrogen-bond donors (Lipinski definition) is 1. The highest BCUT2D eigenvalue weighted by Gasteiger charge is 2.58. The maximum atomic E-state index is 15.2. The van der Waals surface area contributed by atoms with E-state index in [0.29, 0.717) is 0 Å². The molecule has 4 rings (SSSR count). The fourth-order valence-corrected chi connectivity index (χ4v) is 4.45. The Kier molecular flexibility index (Phi) is 5.52. The number of aliphatic hydroxyl groups is 1. The van der Waals surface area contributed by atoms with E-state index in [4.69, 9.17) is 0 Å². The van der Waals surface area contributed by atoms with Gasteiger partial charge in [0.25, 0.3) is 0 Å². The lowest BCUT2D eigenvalue weighted by Gasteiger charge is -2.26. The van der Waals surface area contributed by atoms with Crippen molar-refractivity contribution in [3.05, 3.63) is 59.4 Å². The van der Waals surface area contributed by atoms with Gasteiger partial charge in [-0.25, -0.2) is 17.6 Å². The van der Waals surface area contributed by atoms with E-state index in [-0.39, 0.29) is 41.9 Å². The molecule has 0 unspecified atom stereocenters. The van der Waals surface area contributed by atoms with Crippen LogP contribution in [0.5, 0.6) is 0 Å². The quantitative estimate of drug-likeness (QED) is 0.367. The van der Waals surface area contributed by atoms with Crippen molar-refractivity contribution in [2.75, 3.05) is 6.54 Å². The highest BCUT2D eigenvalue weighted by Crippen LogP contribution is 2.40. The van der Waals surface area contributed by atoms with Crippen molar-refractivity contribution in [2.24, 2.45) is 11.8 Å². The maximum absolute atomic E-state index is 15.2. The summed E-state index contributed by atoms with van der Waals surface area (Å²) in [6.45, 7) is 0.586. The smallest absolute Gasteiger partial charge is 0.337 e. The largest absolute Gasteiger partial charge is 0.463 e. The normalized spacial score (nSPS) is 29.0. The first-order valence-electron chi connectivity index (χ1n) is 10.2. The molecule has 31 heavy (non-hydrogen) atoms. The third kappa shape index (κ3) is 3.92. The van der Waals surface area contributed by atoms with Crippen LogP contribution in [0.4, 0.5) is 26.3 Å². The minimum absolute atomic E-state index is 0.0467. The van der Waals surface area contributed by atoms with Crippen LogP contribution >= 0.6 is 0 Å².